The van der Waals surface area contributed by atoms with Gasteiger partial charge in [0.15, 0.2) is 0 Å². The summed E-state index contributed by atoms with van der Waals surface area (Å²) in [4.78, 5) is 34.7. The Balaban J connectivity index is 1.99. The van der Waals surface area contributed by atoms with Crippen LogP contribution >= 0.6 is 0 Å². The Labute approximate surface area is 177 Å². The van der Waals surface area contributed by atoms with E-state index in [1.54, 1.807) is 0 Å². The Morgan fingerprint density at radius 2 is 1.93 bits per heavy atom. The number of amides is 2. The predicted octanol–water partition coefficient (Wildman–Crippen LogP) is 4.65. The molecule has 0 spiro atoms. The van der Waals surface area contributed by atoms with Gasteiger partial charge in [-0.15, -0.1) is 0 Å². The van der Waals surface area contributed by atoms with E-state index in [-0.39, 0.29) is 28.8 Å². The van der Waals surface area contributed by atoms with Gasteiger partial charge >= 0.3 is 178 Å². The van der Waals surface area contributed by atoms with Gasteiger partial charge in [0.1, 0.15) is 0 Å². The molecule has 1 saturated carbocycles. The molecule has 2 aliphatic carbocycles. The molecule has 2 amide bonds. The quantitative estimate of drug-likeness (QED) is 0.402. The standard InChI is InChI=1S/C18H27BNO3Si.3CH3.Sn/c1-17(2,3)24(5,6)23-10-13-14-11-7-8-12(9-11)18(14,4)15(21)20(13)16(19)22;;;;/h7-8,11-14H,4,9-10H2,1-3,5-6H3;3*1H3;/t11?,12?,13-,14?,18?;;;;/m1..../s1. The maximum atomic E-state index is 13.7. The Morgan fingerprint density at radius 3 is 2.43 bits per heavy atom. The molecule has 4 nitrogen and oxygen atoms in total. The van der Waals surface area contributed by atoms with E-state index >= 15 is 0 Å². The van der Waals surface area contributed by atoms with Crippen LogP contribution in [0.2, 0.25) is 37.4 Å². The molecule has 4 unspecified atom stereocenters. The van der Waals surface area contributed by atoms with Crippen LogP contribution in [-0.4, -0.2) is 63.8 Å². The minimum atomic E-state index is -2.33. The van der Waals surface area contributed by atoms with Crippen molar-refractivity contribution < 1.29 is 14.0 Å². The van der Waals surface area contributed by atoms with E-state index in [4.69, 9.17) is 12.3 Å². The number of imide groups is 1. The average Bonchev–Trinajstić information content (AvgIpc) is 3.13. The molecule has 3 rings (SSSR count). The molecular weight excluding hydrogens is 472 g/mol. The van der Waals surface area contributed by atoms with Gasteiger partial charge in [0.2, 0.25) is 0 Å². The van der Waals surface area contributed by atoms with Gasteiger partial charge in [0.25, 0.3) is 0 Å². The van der Waals surface area contributed by atoms with Crippen molar-refractivity contribution >= 4 is 46.3 Å². The van der Waals surface area contributed by atoms with Gasteiger partial charge in [-0.05, 0) is 0 Å². The number of nitrogens with zero attached hydrogens (tertiary/aromatic N) is 1. The number of carbonyl (C=O) groups is 2. The zero-order valence-corrected chi connectivity index (χ0v) is 22.7. The summed E-state index contributed by atoms with van der Waals surface area (Å²) >= 11 is -2.33. The second-order valence-corrected chi connectivity index (χ2v) is 32.3. The molecule has 5 atom stereocenters. The molecule has 3 aliphatic rings. The molecule has 0 aromatic heterocycles. The van der Waals surface area contributed by atoms with E-state index in [2.05, 4.69) is 60.8 Å². The minimum absolute atomic E-state index is 0.0164. The molecule has 0 aromatic rings. The first kappa shape index (κ1) is 22.6. The number of hydrogen-bond donors (Lipinski definition) is 0. The van der Waals surface area contributed by atoms with Crippen molar-refractivity contribution in [3.63, 3.8) is 0 Å². The van der Waals surface area contributed by atoms with Crippen LogP contribution in [0.4, 0.5) is 4.79 Å². The fourth-order valence-electron chi connectivity index (χ4n) is 5.62. The van der Waals surface area contributed by atoms with Gasteiger partial charge in [-0.1, -0.05) is 0 Å². The number of rotatable bonds is 5. The molecule has 1 aliphatic heterocycles. The Hall–Kier alpha value is -0.0795. The third kappa shape index (κ3) is 3.49. The van der Waals surface area contributed by atoms with Crippen LogP contribution in [0.15, 0.2) is 12.2 Å². The molecular formula is C21H36BNO3SiSn. The van der Waals surface area contributed by atoms with Crippen LogP contribution < -0.4 is 0 Å². The van der Waals surface area contributed by atoms with Crippen LogP contribution in [0.3, 0.4) is 0 Å². The van der Waals surface area contributed by atoms with Crippen LogP contribution in [0.25, 0.3) is 0 Å². The molecule has 2 radical (unpaired) electrons. The van der Waals surface area contributed by atoms with E-state index < -0.39 is 37.9 Å². The van der Waals surface area contributed by atoms with Crippen LogP contribution in [0.5, 0.6) is 0 Å². The van der Waals surface area contributed by atoms with E-state index in [0.29, 0.717) is 12.5 Å². The summed E-state index contributed by atoms with van der Waals surface area (Å²) in [5.74, 6) is 0.150. The molecule has 7 heteroatoms. The zero-order valence-electron chi connectivity index (χ0n) is 18.8. The van der Waals surface area contributed by atoms with Crippen LogP contribution in [0.1, 0.15) is 27.2 Å². The second-order valence-electron chi connectivity index (χ2n) is 11.8. The monoisotopic (exact) mass is 509 g/mol. The van der Waals surface area contributed by atoms with Gasteiger partial charge in [0, 0.05) is 0 Å². The topological polar surface area (TPSA) is 46.6 Å². The van der Waals surface area contributed by atoms with Gasteiger partial charge in [-0.3, -0.25) is 0 Å². The Morgan fingerprint density at radius 1 is 1.32 bits per heavy atom. The Kier molecular flexibility index (Phi) is 5.63. The zero-order chi connectivity index (χ0) is 21.3. The summed E-state index contributed by atoms with van der Waals surface area (Å²) < 4.78 is 7.51. The number of hydrogen-bond acceptors (Lipinski definition) is 3. The molecule has 2 bridgehead atoms. The molecule has 2 fully saturated rings. The van der Waals surface area contributed by atoms with Crippen molar-refractivity contribution in [1.29, 1.82) is 0 Å². The Bertz CT molecular complexity index is 711. The van der Waals surface area contributed by atoms with Crippen molar-refractivity contribution in [3.8, 4) is 0 Å². The van der Waals surface area contributed by atoms with E-state index in [9.17, 15) is 9.59 Å². The SMILES string of the molecule is [B]C(=O)N1C(=O)C2([CH2][Sn]([CH3])([CH3])[CH3])C3C=CC(C3)C2[C@H]1CO[Si](C)(C)C(C)(C)C. The van der Waals surface area contributed by atoms with Crippen molar-refractivity contribution in [2.24, 2.45) is 23.2 Å². The van der Waals surface area contributed by atoms with E-state index in [0.717, 1.165) is 10.9 Å². The number of carbonyl (C=O) groups excluding carboxylic acids is 2. The first-order valence-electron chi connectivity index (χ1n) is 10.6. The molecule has 28 heavy (non-hydrogen) atoms. The van der Waals surface area contributed by atoms with Gasteiger partial charge in [0.05, 0.1) is 0 Å². The average molecular weight is 508 g/mol. The first-order chi connectivity index (χ1) is 12.6. The van der Waals surface area contributed by atoms with Crippen molar-refractivity contribution in [2.45, 2.75) is 70.6 Å². The molecule has 1 saturated heterocycles. The van der Waals surface area contributed by atoms with Crippen molar-refractivity contribution in [2.75, 3.05) is 6.61 Å². The molecule has 0 aromatic carbocycles. The summed E-state index contributed by atoms with van der Waals surface area (Å²) in [6.07, 6.45) is 5.57. The molecule has 0 N–H and O–H groups in total. The molecule has 1 heterocycles. The predicted molar refractivity (Wildman–Crippen MR) is 120 cm³/mol. The van der Waals surface area contributed by atoms with Crippen LogP contribution in [0, 0.1) is 23.2 Å². The van der Waals surface area contributed by atoms with Crippen LogP contribution in [-0.2, 0) is 9.22 Å². The van der Waals surface area contributed by atoms with E-state index in [1.165, 1.54) is 4.90 Å². The van der Waals surface area contributed by atoms with Crippen molar-refractivity contribution in [1.82, 2.24) is 4.90 Å². The number of fused-ring (bicyclic) bond motifs is 5. The fourth-order valence-corrected chi connectivity index (χ4v) is 13.5. The number of allylic oxidation sites excluding steroid dienone is 2. The molecule has 154 valence electrons. The maximum absolute atomic E-state index is 13.7. The van der Waals surface area contributed by atoms with Crippen molar-refractivity contribution in [3.05, 3.63) is 12.2 Å². The summed E-state index contributed by atoms with van der Waals surface area (Å²) in [5.41, 5.74) is -0.426. The number of likely N-dealkylation sites (tertiary alicyclic amines) is 1. The van der Waals surface area contributed by atoms with Gasteiger partial charge in [-0.25, -0.2) is 0 Å². The summed E-state index contributed by atoms with van der Waals surface area (Å²) in [6.45, 7) is 11.5. The third-order valence-electron chi connectivity index (χ3n) is 7.68. The van der Waals surface area contributed by atoms with Gasteiger partial charge < -0.3 is 0 Å². The first-order valence-corrected chi connectivity index (χ1v) is 24.1. The van der Waals surface area contributed by atoms with E-state index in [1.807, 2.05) is 0 Å². The van der Waals surface area contributed by atoms with Gasteiger partial charge in [-0.2, -0.15) is 0 Å². The second kappa shape index (κ2) is 6.98. The summed E-state index contributed by atoms with van der Waals surface area (Å²) in [7, 11) is 3.77. The normalized spacial score (nSPS) is 35.0. The summed E-state index contributed by atoms with van der Waals surface area (Å²) in [6, 6.07) is -0.229. The summed E-state index contributed by atoms with van der Waals surface area (Å²) in [5, 5.41) is 0.0840. The fraction of sp³-hybridized carbons (Fsp3) is 0.810. The third-order valence-corrected chi connectivity index (χ3v) is 16.9.